The second-order valence-corrected chi connectivity index (χ2v) is 5.83. The molecule has 5 heteroatoms. The van der Waals surface area contributed by atoms with Crippen LogP contribution in [0.1, 0.15) is 12.0 Å². The Hall–Kier alpha value is -1.10. The Labute approximate surface area is 125 Å². The molecule has 0 bridgehead atoms. The van der Waals surface area contributed by atoms with Gasteiger partial charge in [-0.3, -0.25) is 9.69 Å². The molecule has 110 valence electrons. The van der Waals surface area contributed by atoms with Gasteiger partial charge >= 0.3 is 0 Å². The summed E-state index contributed by atoms with van der Waals surface area (Å²) < 4.78 is 0. The maximum absolute atomic E-state index is 12.2. The van der Waals surface area contributed by atoms with Crippen LogP contribution in [0, 0.1) is 0 Å². The first kappa shape index (κ1) is 15.3. The van der Waals surface area contributed by atoms with Crippen LogP contribution >= 0.6 is 11.6 Å². The van der Waals surface area contributed by atoms with E-state index >= 15 is 0 Å². The van der Waals surface area contributed by atoms with Crippen molar-refractivity contribution >= 4 is 17.5 Å². The molecule has 1 N–H and O–H groups in total. The van der Waals surface area contributed by atoms with Crippen LogP contribution < -0.4 is 5.32 Å². The number of carbonyl (C=O) groups is 1. The molecule has 0 aromatic heterocycles. The Balaban J connectivity index is 1.83. The van der Waals surface area contributed by atoms with Crippen molar-refractivity contribution in [3.63, 3.8) is 0 Å². The van der Waals surface area contributed by atoms with Crippen LogP contribution in [-0.2, 0) is 11.3 Å². The zero-order chi connectivity index (χ0) is 14.5. The third-order valence-corrected chi connectivity index (χ3v) is 4.01. The predicted molar refractivity (Wildman–Crippen MR) is 81.8 cm³/mol. The van der Waals surface area contributed by atoms with E-state index in [0.29, 0.717) is 24.2 Å². The molecule has 0 spiro atoms. The topological polar surface area (TPSA) is 35.6 Å². The zero-order valence-electron chi connectivity index (χ0n) is 12.1. The van der Waals surface area contributed by atoms with E-state index in [9.17, 15) is 4.79 Å². The summed E-state index contributed by atoms with van der Waals surface area (Å²) in [4.78, 5) is 16.2. The van der Waals surface area contributed by atoms with Crippen molar-refractivity contribution in [3.8, 4) is 0 Å². The molecule has 20 heavy (non-hydrogen) atoms. The number of hydrogen-bond acceptors (Lipinski definition) is 3. The van der Waals surface area contributed by atoms with E-state index in [1.807, 2.05) is 38.4 Å². The average Bonchev–Trinajstić information content (AvgIpc) is 2.86. The summed E-state index contributed by atoms with van der Waals surface area (Å²) in [5.41, 5.74) is 1.06. The number of nitrogens with one attached hydrogen (secondary N) is 1. The summed E-state index contributed by atoms with van der Waals surface area (Å²) in [6.45, 7) is 3.04. The molecule has 1 atom stereocenters. The van der Waals surface area contributed by atoms with Crippen molar-refractivity contribution in [2.45, 2.75) is 19.0 Å². The molecular formula is C15H22ClN3O. The van der Waals surface area contributed by atoms with E-state index in [2.05, 4.69) is 10.2 Å². The number of hydrogen-bond donors (Lipinski definition) is 1. The highest BCUT2D eigenvalue weighted by Gasteiger charge is 2.23. The first-order chi connectivity index (χ1) is 9.58. The number of carbonyl (C=O) groups excluding carboxylic acids is 1. The van der Waals surface area contributed by atoms with Gasteiger partial charge in [-0.05, 0) is 31.2 Å². The maximum Gasteiger partial charge on any atom is 0.236 e. The Kier molecular flexibility index (Phi) is 5.40. The molecular weight excluding hydrogens is 274 g/mol. The molecule has 1 aliphatic heterocycles. The van der Waals surface area contributed by atoms with E-state index in [1.54, 1.807) is 4.90 Å². The zero-order valence-corrected chi connectivity index (χ0v) is 12.9. The summed E-state index contributed by atoms with van der Waals surface area (Å²) in [5.74, 6) is 0.154. The SMILES string of the molecule is CNC1CCN(CC(=O)N(C)Cc2cccc(Cl)c2)C1. The Morgan fingerprint density at radius 2 is 2.35 bits per heavy atom. The molecule has 0 aliphatic carbocycles. The quantitative estimate of drug-likeness (QED) is 0.896. The van der Waals surface area contributed by atoms with Crippen molar-refractivity contribution in [1.29, 1.82) is 0 Å². The second kappa shape index (κ2) is 7.07. The molecule has 1 amide bonds. The lowest BCUT2D eigenvalue weighted by atomic mass is 10.2. The van der Waals surface area contributed by atoms with Crippen LogP contribution in [0.5, 0.6) is 0 Å². The van der Waals surface area contributed by atoms with Gasteiger partial charge in [-0.25, -0.2) is 0 Å². The Bertz CT molecular complexity index is 466. The lowest BCUT2D eigenvalue weighted by Crippen LogP contribution is -2.38. The van der Waals surface area contributed by atoms with Crippen molar-refractivity contribution in [1.82, 2.24) is 15.1 Å². The maximum atomic E-state index is 12.2. The minimum Gasteiger partial charge on any atom is -0.340 e. The van der Waals surface area contributed by atoms with E-state index in [1.165, 1.54) is 0 Å². The summed E-state index contributed by atoms with van der Waals surface area (Å²) >= 11 is 5.96. The van der Waals surface area contributed by atoms with Gasteiger partial charge in [-0.1, -0.05) is 23.7 Å². The highest BCUT2D eigenvalue weighted by atomic mass is 35.5. The van der Waals surface area contributed by atoms with Crippen LogP contribution in [0.15, 0.2) is 24.3 Å². The molecule has 1 heterocycles. The van der Waals surface area contributed by atoms with Gasteiger partial charge in [0.2, 0.25) is 5.91 Å². The van der Waals surface area contributed by atoms with Crippen molar-refractivity contribution in [2.24, 2.45) is 0 Å². The molecule has 1 aromatic carbocycles. The smallest absolute Gasteiger partial charge is 0.236 e. The van der Waals surface area contributed by atoms with E-state index < -0.39 is 0 Å². The van der Waals surface area contributed by atoms with Gasteiger partial charge in [0.15, 0.2) is 0 Å². The average molecular weight is 296 g/mol. The molecule has 1 aromatic rings. The van der Waals surface area contributed by atoms with Crippen LogP contribution in [0.25, 0.3) is 0 Å². The van der Waals surface area contributed by atoms with Crippen LogP contribution in [0.3, 0.4) is 0 Å². The molecule has 1 fully saturated rings. The fourth-order valence-corrected chi connectivity index (χ4v) is 2.73. The van der Waals surface area contributed by atoms with Crippen LogP contribution in [0.2, 0.25) is 5.02 Å². The van der Waals surface area contributed by atoms with Crippen molar-refractivity contribution in [2.75, 3.05) is 33.7 Å². The van der Waals surface area contributed by atoms with E-state index in [-0.39, 0.29) is 5.91 Å². The summed E-state index contributed by atoms with van der Waals surface area (Å²) in [5, 5.41) is 3.97. The molecule has 1 unspecified atom stereocenters. The summed E-state index contributed by atoms with van der Waals surface area (Å²) in [7, 11) is 3.82. The van der Waals surface area contributed by atoms with Gasteiger partial charge in [0.25, 0.3) is 0 Å². The predicted octanol–water partition coefficient (Wildman–Crippen LogP) is 1.59. The fourth-order valence-electron chi connectivity index (χ4n) is 2.52. The Morgan fingerprint density at radius 1 is 1.55 bits per heavy atom. The molecule has 0 radical (unpaired) electrons. The second-order valence-electron chi connectivity index (χ2n) is 5.39. The first-order valence-corrected chi connectivity index (χ1v) is 7.34. The normalized spacial score (nSPS) is 19.2. The number of nitrogens with zero attached hydrogens (tertiary/aromatic N) is 2. The standard InChI is InChI=1S/C15H22ClN3O/c1-17-14-6-7-19(10-14)11-15(20)18(2)9-12-4-3-5-13(16)8-12/h3-5,8,14,17H,6-7,9-11H2,1-2H3. The lowest BCUT2D eigenvalue weighted by molar-refractivity contribution is -0.131. The van der Waals surface area contributed by atoms with E-state index in [4.69, 9.17) is 11.6 Å². The van der Waals surface area contributed by atoms with Gasteiger partial charge in [0.1, 0.15) is 0 Å². The minimum atomic E-state index is 0.154. The molecule has 2 rings (SSSR count). The van der Waals surface area contributed by atoms with Crippen molar-refractivity contribution in [3.05, 3.63) is 34.9 Å². The molecule has 1 aliphatic rings. The minimum absolute atomic E-state index is 0.154. The number of likely N-dealkylation sites (tertiary alicyclic amines) is 1. The van der Waals surface area contributed by atoms with Gasteiger partial charge < -0.3 is 10.2 Å². The molecule has 0 saturated carbocycles. The lowest BCUT2D eigenvalue weighted by Gasteiger charge is -2.21. The summed E-state index contributed by atoms with van der Waals surface area (Å²) in [6.07, 6.45) is 1.11. The third kappa shape index (κ3) is 4.20. The van der Waals surface area contributed by atoms with Crippen molar-refractivity contribution < 1.29 is 4.79 Å². The Morgan fingerprint density at radius 3 is 3.00 bits per heavy atom. The highest BCUT2D eigenvalue weighted by molar-refractivity contribution is 6.30. The van der Waals surface area contributed by atoms with Gasteiger partial charge in [-0.15, -0.1) is 0 Å². The largest absolute Gasteiger partial charge is 0.340 e. The van der Waals surface area contributed by atoms with E-state index in [0.717, 1.165) is 25.1 Å². The molecule has 1 saturated heterocycles. The number of halogens is 1. The summed E-state index contributed by atoms with van der Waals surface area (Å²) in [6, 6.07) is 8.16. The van der Waals surface area contributed by atoms with Gasteiger partial charge in [0.05, 0.1) is 6.54 Å². The van der Waals surface area contributed by atoms with Gasteiger partial charge in [0, 0.05) is 37.7 Å². The fraction of sp³-hybridized carbons (Fsp3) is 0.533. The number of amides is 1. The number of likely N-dealkylation sites (N-methyl/N-ethyl adjacent to an activating group) is 2. The number of benzene rings is 1. The van der Waals surface area contributed by atoms with Crippen LogP contribution in [0.4, 0.5) is 0 Å². The van der Waals surface area contributed by atoms with Crippen LogP contribution in [-0.4, -0.2) is 55.5 Å². The third-order valence-electron chi connectivity index (χ3n) is 3.77. The molecule has 4 nitrogen and oxygen atoms in total. The number of rotatable bonds is 5. The monoisotopic (exact) mass is 295 g/mol. The first-order valence-electron chi connectivity index (χ1n) is 6.96. The highest BCUT2D eigenvalue weighted by Crippen LogP contribution is 2.13. The van der Waals surface area contributed by atoms with Gasteiger partial charge in [-0.2, -0.15) is 0 Å².